The van der Waals surface area contributed by atoms with Crippen molar-refractivity contribution in [2.75, 3.05) is 20.1 Å². The summed E-state index contributed by atoms with van der Waals surface area (Å²) in [6, 6.07) is 0. The molecule has 0 spiro atoms. The van der Waals surface area contributed by atoms with Crippen LogP contribution in [0.15, 0.2) is 12.4 Å². The molecule has 0 amide bonds. The lowest BCUT2D eigenvalue weighted by molar-refractivity contribution is 0.370. The van der Waals surface area contributed by atoms with Gasteiger partial charge in [0.15, 0.2) is 0 Å². The first-order chi connectivity index (χ1) is 7.63. The Bertz CT molecular complexity index is 330. The van der Waals surface area contributed by atoms with Gasteiger partial charge in [-0.1, -0.05) is 13.8 Å². The molecule has 0 bridgehead atoms. The maximum Gasteiger partial charge on any atom is 0.0521 e. The van der Waals surface area contributed by atoms with Crippen molar-refractivity contribution in [3.05, 3.63) is 18.0 Å². The topological polar surface area (TPSA) is 21.1 Å². The average molecular weight is 221 g/mol. The van der Waals surface area contributed by atoms with Gasteiger partial charge in [0.25, 0.3) is 0 Å². The second-order valence-electron chi connectivity index (χ2n) is 5.59. The number of rotatable bonds is 4. The molecule has 0 aromatic carbocycles. The molecule has 1 aromatic rings. The van der Waals surface area contributed by atoms with Gasteiger partial charge in [0.1, 0.15) is 0 Å². The van der Waals surface area contributed by atoms with Crippen LogP contribution in [0, 0.1) is 11.8 Å². The first kappa shape index (κ1) is 11.6. The van der Waals surface area contributed by atoms with Crippen molar-refractivity contribution in [1.29, 1.82) is 0 Å². The van der Waals surface area contributed by atoms with Crippen LogP contribution in [0.2, 0.25) is 0 Å². The zero-order valence-corrected chi connectivity index (χ0v) is 10.7. The Morgan fingerprint density at radius 3 is 2.94 bits per heavy atom. The lowest BCUT2D eigenvalue weighted by Gasteiger charge is -2.10. The minimum absolute atomic E-state index is 0.718. The van der Waals surface area contributed by atoms with Gasteiger partial charge < -0.3 is 4.90 Å². The summed E-state index contributed by atoms with van der Waals surface area (Å²) < 4.78 is 2.13. The van der Waals surface area contributed by atoms with E-state index in [1.54, 1.807) is 0 Å². The van der Waals surface area contributed by atoms with Crippen LogP contribution in [0.1, 0.15) is 25.8 Å². The summed E-state index contributed by atoms with van der Waals surface area (Å²) in [6.45, 7) is 8.05. The van der Waals surface area contributed by atoms with Crippen molar-refractivity contribution in [2.24, 2.45) is 11.8 Å². The smallest absolute Gasteiger partial charge is 0.0521 e. The standard InChI is InChI=1S/C13H23N3/c1-11(2)6-13-7-14-16(10-13)9-12-4-5-15(3)8-12/h7,10-12H,4-6,8-9H2,1-3H3/t12-/m0/s1. The van der Waals surface area contributed by atoms with E-state index >= 15 is 0 Å². The van der Waals surface area contributed by atoms with Crippen LogP contribution in [0.5, 0.6) is 0 Å². The second-order valence-corrected chi connectivity index (χ2v) is 5.59. The Morgan fingerprint density at radius 2 is 2.31 bits per heavy atom. The minimum Gasteiger partial charge on any atom is -0.306 e. The minimum atomic E-state index is 0.718. The number of aromatic nitrogens is 2. The van der Waals surface area contributed by atoms with Crippen LogP contribution in [-0.2, 0) is 13.0 Å². The molecule has 1 atom stereocenters. The summed E-state index contributed by atoms with van der Waals surface area (Å²) in [6.07, 6.45) is 6.71. The van der Waals surface area contributed by atoms with E-state index in [-0.39, 0.29) is 0 Å². The Labute approximate surface area is 98.4 Å². The summed E-state index contributed by atoms with van der Waals surface area (Å²) in [7, 11) is 2.20. The number of likely N-dealkylation sites (tertiary alicyclic amines) is 1. The highest BCUT2D eigenvalue weighted by Gasteiger charge is 2.19. The van der Waals surface area contributed by atoms with Crippen LogP contribution in [-0.4, -0.2) is 34.8 Å². The monoisotopic (exact) mass is 221 g/mol. The number of nitrogens with zero attached hydrogens (tertiary/aromatic N) is 3. The summed E-state index contributed by atoms with van der Waals surface area (Å²) in [5, 5.41) is 4.46. The summed E-state index contributed by atoms with van der Waals surface area (Å²) in [5.74, 6) is 1.51. The molecule has 0 radical (unpaired) electrons. The normalized spacial score (nSPS) is 22.1. The molecular weight excluding hydrogens is 198 g/mol. The van der Waals surface area contributed by atoms with Crippen molar-refractivity contribution < 1.29 is 0 Å². The van der Waals surface area contributed by atoms with Crippen molar-refractivity contribution in [1.82, 2.24) is 14.7 Å². The summed E-state index contributed by atoms with van der Waals surface area (Å²) in [5.41, 5.74) is 1.38. The highest BCUT2D eigenvalue weighted by Crippen LogP contribution is 2.16. The molecule has 0 unspecified atom stereocenters. The van der Waals surface area contributed by atoms with Crippen molar-refractivity contribution in [2.45, 2.75) is 33.2 Å². The Balaban J connectivity index is 1.87. The molecule has 1 aliphatic rings. The quantitative estimate of drug-likeness (QED) is 0.775. The van der Waals surface area contributed by atoms with Gasteiger partial charge in [0.05, 0.1) is 6.20 Å². The SMILES string of the molecule is CC(C)Cc1cnn(C[C@H]2CCN(C)C2)c1. The van der Waals surface area contributed by atoms with Crippen LogP contribution < -0.4 is 0 Å². The fourth-order valence-corrected chi connectivity index (χ4v) is 2.52. The van der Waals surface area contributed by atoms with Crippen molar-refractivity contribution in [3.8, 4) is 0 Å². The van der Waals surface area contributed by atoms with Crippen molar-refractivity contribution in [3.63, 3.8) is 0 Å². The molecule has 0 aliphatic carbocycles. The highest BCUT2D eigenvalue weighted by atomic mass is 15.3. The van der Waals surface area contributed by atoms with E-state index in [0.29, 0.717) is 0 Å². The lowest BCUT2D eigenvalue weighted by Crippen LogP contribution is -2.17. The molecule has 3 heteroatoms. The summed E-state index contributed by atoms with van der Waals surface area (Å²) >= 11 is 0. The molecule has 2 rings (SSSR count). The van der Waals surface area contributed by atoms with Gasteiger partial charge in [-0.2, -0.15) is 5.10 Å². The van der Waals surface area contributed by atoms with E-state index in [2.05, 4.69) is 41.8 Å². The van der Waals surface area contributed by atoms with E-state index in [9.17, 15) is 0 Å². The molecule has 1 aliphatic heterocycles. The van der Waals surface area contributed by atoms with E-state index < -0.39 is 0 Å². The first-order valence-electron chi connectivity index (χ1n) is 6.33. The third-order valence-electron chi connectivity index (χ3n) is 3.26. The molecule has 2 heterocycles. The molecule has 0 N–H and O–H groups in total. The van der Waals surface area contributed by atoms with Gasteiger partial charge in [-0.25, -0.2) is 0 Å². The van der Waals surface area contributed by atoms with Crippen LogP contribution >= 0.6 is 0 Å². The van der Waals surface area contributed by atoms with E-state index in [4.69, 9.17) is 0 Å². The molecule has 3 nitrogen and oxygen atoms in total. The third-order valence-corrected chi connectivity index (χ3v) is 3.26. The molecule has 16 heavy (non-hydrogen) atoms. The third kappa shape index (κ3) is 3.08. The molecule has 1 saturated heterocycles. The Hall–Kier alpha value is -0.830. The maximum absolute atomic E-state index is 4.46. The van der Waals surface area contributed by atoms with Crippen LogP contribution in [0.4, 0.5) is 0 Å². The fraction of sp³-hybridized carbons (Fsp3) is 0.769. The van der Waals surface area contributed by atoms with E-state index in [1.165, 1.54) is 25.1 Å². The lowest BCUT2D eigenvalue weighted by atomic mass is 10.1. The first-order valence-corrected chi connectivity index (χ1v) is 6.33. The van der Waals surface area contributed by atoms with Crippen LogP contribution in [0.25, 0.3) is 0 Å². The zero-order valence-electron chi connectivity index (χ0n) is 10.7. The number of hydrogen-bond donors (Lipinski definition) is 0. The van der Waals surface area contributed by atoms with Gasteiger partial charge in [-0.15, -0.1) is 0 Å². The van der Waals surface area contributed by atoms with Gasteiger partial charge in [0.2, 0.25) is 0 Å². The van der Waals surface area contributed by atoms with Gasteiger partial charge >= 0.3 is 0 Å². The molecule has 0 saturated carbocycles. The second kappa shape index (κ2) is 5.00. The zero-order chi connectivity index (χ0) is 11.5. The molecule has 1 aromatic heterocycles. The highest BCUT2D eigenvalue weighted by molar-refractivity contribution is 5.04. The van der Waals surface area contributed by atoms with Gasteiger partial charge in [-0.3, -0.25) is 4.68 Å². The largest absolute Gasteiger partial charge is 0.306 e. The van der Waals surface area contributed by atoms with E-state index in [0.717, 1.165) is 24.8 Å². The number of hydrogen-bond acceptors (Lipinski definition) is 2. The Morgan fingerprint density at radius 1 is 1.50 bits per heavy atom. The Kier molecular flexibility index (Phi) is 3.64. The molecule has 1 fully saturated rings. The predicted molar refractivity (Wildman–Crippen MR) is 66.4 cm³/mol. The van der Waals surface area contributed by atoms with Gasteiger partial charge in [-0.05, 0) is 43.8 Å². The maximum atomic E-state index is 4.46. The van der Waals surface area contributed by atoms with E-state index in [1.807, 2.05) is 6.20 Å². The summed E-state index contributed by atoms with van der Waals surface area (Å²) in [4.78, 5) is 2.41. The molecular formula is C13H23N3. The van der Waals surface area contributed by atoms with Crippen LogP contribution in [0.3, 0.4) is 0 Å². The fourth-order valence-electron chi connectivity index (χ4n) is 2.52. The van der Waals surface area contributed by atoms with Gasteiger partial charge in [0, 0.05) is 19.3 Å². The van der Waals surface area contributed by atoms with Crippen molar-refractivity contribution >= 4 is 0 Å². The predicted octanol–water partition coefficient (Wildman–Crippen LogP) is 2.03. The molecule has 90 valence electrons. The average Bonchev–Trinajstić information content (AvgIpc) is 2.76.